The van der Waals surface area contributed by atoms with E-state index in [1.54, 1.807) is 0 Å². The van der Waals surface area contributed by atoms with Gasteiger partial charge < -0.3 is 14.2 Å². The molecule has 11 heteroatoms. The van der Waals surface area contributed by atoms with Crippen LogP contribution < -0.4 is 11.2 Å². The predicted molar refractivity (Wildman–Crippen MR) is 104 cm³/mol. The van der Waals surface area contributed by atoms with Crippen molar-refractivity contribution in [2.24, 2.45) is 0 Å². The first-order chi connectivity index (χ1) is 14.2. The van der Waals surface area contributed by atoms with Crippen molar-refractivity contribution in [2.75, 3.05) is 26.1 Å². The van der Waals surface area contributed by atoms with Gasteiger partial charge in [0.25, 0.3) is 15.7 Å². The number of nitrogens with one attached hydrogen (secondary N) is 1. The average molecular weight is 438 g/mol. The average Bonchev–Trinajstić information content (AvgIpc) is 2.92. The zero-order valence-electron chi connectivity index (χ0n) is 16.3. The number of hydrogen-bond donors (Lipinski definition) is 1. The van der Waals surface area contributed by atoms with Crippen LogP contribution in [0.3, 0.4) is 0 Å². The highest BCUT2D eigenvalue weighted by Crippen LogP contribution is 2.46. The van der Waals surface area contributed by atoms with Crippen LogP contribution in [0.5, 0.6) is 0 Å². The van der Waals surface area contributed by atoms with Crippen LogP contribution in [0.15, 0.2) is 52.2 Å². The van der Waals surface area contributed by atoms with Crippen molar-refractivity contribution in [3.63, 3.8) is 0 Å². The highest BCUT2D eigenvalue weighted by atomic mass is 32.2. The Kier molecular flexibility index (Phi) is 5.41. The number of rotatable bonds is 7. The highest BCUT2D eigenvalue weighted by molar-refractivity contribution is 7.85. The van der Waals surface area contributed by atoms with Gasteiger partial charge in [-0.1, -0.05) is 30.3 Å². The Morgan fingerprint density at radius 2 is 1.97 bits per heavy atom. The lowest BCUT2D eigenvalue weighted by atomic mass is 9.97. The molecule has 2 aliphatic heterocycles. The van der Waals surface area contributed by atoms with E-state index in [1.807, 2.05) is 30.3 Å². The highest BCUT2D eigenvalue weighted by Gasteiger charge is 2.62. The Labute approximate surface area is 172 Å². The standard InChI is InChI=1S/C19H22N2O8S/c1-30(24,25)28-12-18-11-26-13-19(29-18,21-8-7-16(22)20-17(21)23)9-15(18)27-10-14-5-3-2-4-6-14/h2-8,15H,9-13H2,1H3,(H,20,22,23)/t15-,18+,19-/m0/s1. The van der Waals surface area contributed by atoms with Gasteiger partial charge in [-0.3, -0.25) is 18.5 Å². The minimum atomic E-state index is -3.75. The summed E-state index contributed by atoms with van der Waals surface area (Å²) >= 11 is 0. The second kappa shape index (κ2) is 7.75. The summed E-state index contributed by atoms with van der Waals surface area (Å²) in [7, 11) is -3.75. The quantitative estimate of drug-likeness (QED) is 0.596. The van der Waals surface area contributed by atoms with Crippen molar-refractivity contribution in [1.29, 1.82) is 0 Å². The van der Waals surface area contributed by atoms with Gasteiger partial charge in [0.15, 0.2) is 5.72 Å². The molecule has 0 spiro atoms. The monoisotopic (exact) mass is 438 g/mol. The molecule has 0 amide bonds. The van der Waals surface area contributed by atoms with Crippen molar-refractivity contribution in [2.45, 2.75) is 30.5 Å². The van der Waals surface area contributed by atoms with Gasteiger partial charge in [-0.2, -0.15) is 8.42 Å². The van der Waals surface area contributed by atoms with Gasteiger partial charge in [0.05, 0.1) is 32.2 Å². The fraction of sp³-hybridized carbons (Fsp3) is 0.474. The zero-order chi connectivity index (χ0) is 21.4. The molecule has 4 rings (SSSR count). The molecular weight excluding hydrogens is 416 g/mol. The van der Waals surface area contributed by atoms with E-state index in [-0.39, 0.29) is 32.8 Å². The molecule has 1 N–H and O–H groups in total. The van der Waals surface area contributed by atoms with E-state index in [9.17, 15) is 18.0 Å². The largest absolute Gasteiger partial charge is 0.373 e. The fourth-order valence-electron chi connectivity index (χ4n) is 3.86. The van der Waals surface area contributed by atoms with Crippen molar-refractivity contribution in [1.82, 2.24) is 9.55 Å². The fourth-order valence-corrected chi connectivity index (χ4v) is 4.28. The molecule has 2 fully saturated rings. The van der Waals surface area contributed by atoms with E-state index in [0.717, 1.165) is 11.8 Å². The summed E-state index contributed by atoms with van der Waals surface area (Å²) in [5, 5.41) is 0. The predicted octanol–water partition coefficient (Wildman–Crippen LogP) is -0.0597. The topological polar surface area (TPSA) is 126 Å². The van der Waals surface area contributed by atoms with Crippen molar-refractivity contribution in [3.05, 3.63) is 69.0 Å². The summed E-state index contributed by atoms with van der Waals surface area (Å²) in [5.41, 5.74) is -2.78. The van der Waals surface area contributed by atoms with Crippen molar-refractivity contribution < 1.29 is 26.8 Å². The normalized spacial score (nSPS) is 28.5. The van der Waals surface area contributed by atoms with Crippen LogP contribution in [-0.2, 0) is 40.8 Å². The molecular formula is C19H22N2O8S. The van der Waals surface area contributed by atoms with E-state index >= 15 is 0 Å². The molecule has 0 saturated carbocycles. The van der Waals surface area contributed by atoms with Crippen LogP contribution in [0.25, 0.3) is 0 Å². The van der Waals surface area contributed by atoms with Gasteiger partial charge in [0, 0.05) is 18.7 Å². The smallest absolute Gasteiger partial charge is 0.330 e. The third-order valence-corrected chi connectivity index (χ3v) is 5.78. The minimum absolute atomic E-state index is 0.0296. The molecule has 30 heavy (non-hydrogen) atoms. The van der Waals surface area contributed by atoms with Crippen molar-refractivity contribution in [3.8, 4) is 0 Å². The first-order valence-electron chi connectivity index (χ1n) is 9.32. The maximum atomic E-state index is 12.4. The second-order valence-corrected chi connectivity index (χ2v) is 9.19. The number of H-pyrrole nitrogens is 1. The lowest BCUT2D eigenvalue weighted by Crippen LogP contribution is -2.56. The summed E-state index contributed by atoms with van der Waals surface area (Å²) in [6, 6.07) is 10.7. The van der Waals surface area contributed by atoms with E-state index in [0.29, 0.717) is 0 Å². The number of ether oxygens (including phenoxy) is 3. The van der Waals surface area contributed by atoms with E-state index in [2.05, 4.69) is 4.98 Å². The lowest BCUT2D eigenvalue weighted by molar-refractivity contribution is -0.263. The Morgan fingerprint density at radius 1 is 1.20 bits per heavy atom. The first-order valence-corrected chi connectivity index (χ1v) is 11.1. The van der Waals surface area contributed by atoms with Crippen molar-refractivity contribution >= 4 is 10.1 Å². The molecule has 162 valence electrons. The molecule has 1 aromatic heterocycles. The Morgan fingerprint density at radius 3 is 2.67 bits per heavy atom. The molecule has 0 aliphatic carbocycles. The summed E-state index contributed by atoms with van der Waals surface area (Å²) in [6.45, 7) is -0.0101. The van der Waals surface area contributed by atoms with Gasteiger partial charge in [-0.25, -0.2) is 4.79 Å². The van der Waals surface area contributed by atoms with Gasteiger partial charge in [0.1, 0.15) is 12.2 Å². The lowest BCUT2D eigenvalue weighted by Gasteiger charge is -2.40. The molecule has 2 bridgehead atoms. The number of fused-ring (bicyclic) bond motifs is 2. The molecule has 0 radical (unpaired) electrons. The number of hydrogen-bond acceptors (Lipinski definition) is 8. The first kappa shape index (κ1) is 20.9. The number of nitrogens with zero attached hydrogens (tertiary/aromatic N) is 1. The van der Waals surface area contributed by atoms with Gasteiger partial charge in [0.2, 0.25) is 0 Å². The third kappa shape index (κ3) is 4.12. The number of aromatic amines is 1. The Bertz CT molecular complexity index is 1130. The summed E-state index contributed by atoms with van der Waals surface area (Å²) in [5.74, 6) is 0. The second-order valence-electron chi connectivity index (χ2n) is 7.54. The Hall–Kier alpha value is -2.31. The maximum absolute atomic E-state index is 12.4. The van der Waals surface area contributed by atoms with Gasteiger partial charge in [-0.05, 0) is 5.56 Å². The van der Waals surface area contributed by atoms with Crippen LogP contribution in [0.2, 0.25) is 0 Å². The zero-order valence-corrected chi connectivity index (χ0v) is 17.1. The van der Waals surface area contributed by atoms with Crippen LogP contribution in [0.1, 0.15) is 12.0 Å². The molecule has 1 aromatic carbocycles. The Balaban J connectivity index is 1.67. The molecule has 2 aromatic rings. The molecule has 0 unspecified atom stereocenters. The maximum Gasteiger partial charge on any atom is 0.330 e. The SMILES string of the molecule is CS(=O)(=O)OC[C@]12COC[C@](n3ccc(=O)[nH]c3=O)(C[C@@H]1OCc1ccccc1)O2. The number of aromatic nitrogens is 2. The van der Waals surface area contributed by atoms with Crippen LogP contribution in [0, 0.1) is 0 Å². The van der Waals surface area contributed by atoms with E-state index in [4.69, 9.17) is 18.4 Å². The van der Waals surface area contributed by atoms with Crippen LogP contribution in [0.4, 0.5) is 0 Å². The third-order valence-electron chi connectivity index (χ3n) is 5.23. The van der Waals surface area contributed by atoms with Gasteiger partial charge >= 0.3 is 5.69 Å². The summed E-state index contributed by atoms with van der Waals surface area (Å²) in [4.78, 5) is 26.1. The van der Waals surface area contributed by atoms with Crippen LogP contribution in [-0.4, -0.2) is 55.8 Å². The van der Waals surface area contributed by atoms with E-state index in [1.165, 1.54) is 16.8 Å². The van der Waals surface area contributed by atoms with Crippen LogP contribution >= 0.6 is 0 Å². The molecule has 10 nitrogen and oxygen atoms in total. The molecule has 3 heterocycles. The molecule has 2 saturated heterocycles. The molecule has 3 atom stereocenters. The summed E-state index contributed by atoms with van der Waals surface area (Å²) in [6.07, 6.45) is 1.86. The van der Waals surface area contributed by atoms with Gasteiger partial charge in [-0.15, -0.1) is 0 Å². The minimum Gasteiger partial charge on any atom is -0.373 e. The molecule has 2 aliphatic rings. The summed E-state index contributed by atoms with van der Waals surface area (Å²) < 4.78 is 47.6. The van der Waals surface area contributed by atoms with E-state index < -0.39 is 38.8 Å². The number of benzene rings is 1.